The van der Waals surface area contributed by atoms with Gasteiger partial charge in [0.2, 0.25) is 5.91 Å². The van der Waals surface area contributed by atoms with Crippen LogP contribution in [0.15, 0.2) is 0 Å². The maximum Gasteiger partial charge on any atom is 0.221 e. The van der Waals surface area contributed by atoms with Crippen molar-refractivity contribution in [1.29, 1.82) is 0 Å². The molecular formula is C11H22N2O. The molecule has 0 radical (unpaired) electrons. The van der Waals surface area contributed by atoms with E-state index in [0.717, 1.165) is 25.3 Å². The first-order valence-electron chi connectivity index (χ1n) is 5.52. The van der Waals surface area contributed by atoms with Gasteiger partial charge in [0, 0.05) is 19.0 Å². The Labute approximate surface area is 86.9 Å². The van der Waals surface area contributed by atoms with E-state index in [1.54, 1.807) is 0 Å². The van der Waals surface area contributed by atoms with E-state index in [0.29, 0.717) is 12.5 Å². The van der Waals surface area contributed by atoms with Crippen LogP contribution < -0.4 is 5.32 Å². The highest BCUT2D eigenvalue weighted by Gasteiger charge is 2.22. The molecule has 0 aromatic carbocycles. The monoisotopic (exact) mass is 198 g/mol. The van der Waals surface area contributed by atoms with Crippen LogP contribution >= 0.6 is 0 Å². The molecule has 1 aliphatic rings. The van der Waals surface area contributed by atoms with Crippen molar-refractivity contribution in [3.8, 4) is 0 Å². The van der Waals surface area contributed by atoms with Crippen LogP contribution in [0.3, 0.4) is 0 Å². The van der Waals surface area contributed by atoms with Crippen molar-refractivity contribution in [2.45, 2.75) is 38.6 Å². The van der Waals surface area contributed by atoms with Gasteiger partial charge in [0.15, 0.2) is 0 Å². The summed E-state index contributed by atoms with van der Waals surface area (Å²) >= 11 is 0. The van der Waals surface area contributed by atoms with Crippen molar-refractivity contribution in [3.63, 3.8) is 0 Å². The lowest BCUT2D eigenvalue weighted by Gasteiger charge is -2.14. The molecule has 0 heterocycles. The largest absolute Gasteiger partial charge is 0.353 e. The van der Waals surface area contributed by atoms with Gasteiger partial charge >= 0.3 is 0 Å². The standard InChI is InChI=1S/C11H22N2O/c1-9-4-5-10(8-9)12-11(14)6-7-13(2)3/h9-10H,4-8H2,1-3H3,(H,12,14). The van der Waals surface area contributed by atoms with Gasteiger partial charge in [-0.05, 0) is 39.3 Å². The molecule has 0 spiro atoms. The van der Waals surface area contributed by atoms with Gasteiger partial charge in [-0.3, -0.25) is 4.79 Å². The number of carbonyl (C=O) groups excluding carboxylic acids is 1. The van der Waals surface area contributed by atoms with Gasteiger partial charge < -0.3 is 10.2 Å². The molecule has 0 saturated heterocycles. The highest BCUT2D eigenvalue weighted by molar-refractivity contribution is 5.76. The van der Waals surface area contributed by atoms with Crippen LogP contribution in [-0.4, -0.2) is 37.5 Å². The second kappa shape index (κ2) is 5.35. The average molecular weight is 198 g/mol. The molecule has 0 bridgehead atoms. The smallest absolute Gasteiger partial charge is 0.221 e. The first-order valence-corrected chi connectivity index (χ1v) is 5.52. The Morgan fingerprint density at radius 2 is 2.14 bits per heavy atom. The zero-order chi connectivity index (χ0) is 10.6. The number of nitrogens with one attached hydrogen (secondary N) is 1. The van der Waals surface area contributed by atoms with Crippen molar-refractivity contribution >= 4 is 5.91 Å². The minimum Gasteiger partial charge on any atom is -0.353 e. The van der Waals surface area contributed by atoms with Gasteiger partial charge in [0.1, 0.15) is 0 Å². The number of rotatable bonds is 4. The van der Waals surface area contributed by atoms with E-state index in [4.69, 9.17) is 0 Å². The van der Waals surface area contributed by atoms with Crippen LogP contribution in [0.2, 0.25) is 0 Å². The van der Waals surface area contributed by atoms with E-state index >= 15 is 0 Å². The summed E-state index contributed by atoms with van der Waals surface area (Å²) in [6.45, 7) is 3.10. The highest BCUT2D eigenvalue weighted by atomic mass is 16.1. The third-order valence-corrected chi connectivity index (χ3v) is 2.85. The van der Waals surface area contributed by atoms with Gasteiger partial charge in [0.05, 0.1) is 0 Å². The summed E-state index contributed by atoms with van der Waals surface area (Å²) in [7, 11) is 3.98. The summed E-state index contributed by atoms with van der Waals surface area (Å²) < 4.78 is 0. The van der Waals surface area contributed by atoms with Crippen LogP contribution in [0.5, 0.6) is 0 Å². The fourth-order valence-electron chi connectivity index (χ4n) is 1.96. The van der Waals surface area contributed by atoms with Gasteiger partial charge in [-0.25, -0.2) is 0 Å². The quantitative estimate of drug-likeness (QED) is 0.737. The molecule has 1 aliphatic carbocycles. The number of hydrogen-bond acceptors (Lipinski definition) is 2. The molecule has 1 amide bonds. The van der Waals surface area contributed by atoms with E-state index in [2.05, 4.69) is 12.2 Å². The number of amides is 1. The molecule has 0 aromatic heterocycles. The summed E-state index contributed by atoms with van der Waals surface area (Å²) in [5.41, 5.74) is 0. The van der Waals surface area contributed by atoms with Gasteiger partial charge in [-0.2, -0.15) is 0 Å². The lowest BCUT2D eigenvalue weighted by molar-refractivity contribution is -0.122. The molecule has 14 heavy (non-hydrogen) atoms. The summed E-state index contributed by atoms with van der Waals surface area (Å²) in [6.07, 6.45) is 4.21. The maximum atomic E-state index is 11.5. The first-order chi connectivity index (χ1) is 6.58. The molecule has 0 aromatic rings. The molecule has 2 unspecified atom stereocenters. The number of nitrogens with zero attached hydrogens (tertiary/aromatic N) is 1. The highest BCUT2D eigenvalue weighted by Crippen LogP contribution is 2.24. The van der Waals surface area contributed by atoms with E-state index in [1.807, 2.05) is 19.0 Å². The van der Waals surface area contributed by atoms with Crippen LogP contribution in [0.4, 0.5) is 0 Å². The van der Waals surface area contributed by atoms with Crippen molar-refractivity contribution in [1.82, 2.24) is 10.2 Å². The Balaban J connectivity index is 2.14. The zero-order valence-corrected chi connectivity index (χ0v) is 9.55. The lowest BCUT2D eigenvalue weighted by atomic mass is 10.1. The van der Waals surface area contributed by atoms with Crippen LogP contribution in [0, 0.1) is 5.92 Å². The van der Waals surface area contributed by atoms with E-state index in [-0.39, 0.29) is 5.91 Å². The zero-order valence-electron chi connectivity index (χ0n) is 9.55. The lowest BCUT2D eigenvalue weighted by Crippen LogP contribution is -2.34. The molecule has 1 N–H and O–H groups in total. The summed E-state index contributed by atoms with van der Waals surface area (Å²) in [6, 6.07) is 0.444. The molecule has 1 saturated carbocycles. The van der Waals surface area contributed by atoms with Gasteiger partial charge in [0.25, 0.3) is 0 Å². The Hall–Kier alpha value is -0.570. The maximum absolute atomic E-state index is 11.5. The van der Waals surface area contributed by atoms with Gasteiger partial charge in [-0.1, -0.05) is 6.92 Å². The van der Waals surface area contributed by atoms with Crippen molar-refractivity contribution < 1.29 is 4.79 Å². The Morgan fingerprint density at radius 3 is 2.64 bits per heavy atom. The number of carbonyl (C=O) groups is 1. The van der Waals surface area contributed by atoms with Crippen LogP contribution in [0.25, 0.3) is 0 Å². The van der Waals surface area contributed by atoms with Gasteiger partial charge in [-0.15, -0.1) is 0 Å². The topological polar surface area (TPSA) is 32.3 Å². The van der Waals surface area contributed by atoms with E-state index in [1.165, 1.54) is 6.42 Å². The molecule has 82 valence electrons. The van der Waals surface area contributed by atoms with Crippen LogP contribution in [0.1, 0.15) is 32.6 Å². The first kappa shape index (κ1) is 11.5. The second-order valence-corrected chi connectivity index (χ2v) is 4.74. The molecule has 3 heteroatoms. The van der Waals surface area contributed by atoms with Crippen molar-refractivity contribution in [3.05, 3.63) is 0 Å². The SMILES string of the molecule is CC1CCC(NC(=O)CCN(C)C)C1. The Kier molecular flexibility index (Phi) is 4.39. The van der Waals surface area contributed by atoms with E-state index < -0.39 is 0 Å². The fourth-order valence-corrected chi connectivity index (χ4v) is 1.96. The minimum absolute atomic E-state index is 0.206. The summed E-state index contributed by atoms with van der Waals surface area (Å²) in [5.74, 6) is 0.993. The average Bonchev–Trinajstić information content (AvgIpc) is 2.48. The third kappa shape index (κ3) is 4.09. The molecule has 2 atom stereocenters. The molecule has 1 rings (SSSR count). The van der Waals surface area contributed by atoms with E-state index in [9.17, 15) is 4.79 Å². The molecular weight excluding hydrogens is 176 g/mol. The predicted octanol–water partition coefficient (Wildman–Crippen LogP) is 1.24. The predicted molar refractivity (Wildman–Crippen MR) is 58.1 cm³/mol. The molecule has 0 aliphatic heterocycles. The Bertz CT molecular complexity index is 192. The number of hydrogen-bond donors (Lipinski definition) is 1. The molecule has 1 fully saturated rings. The fraction of sp³-hybridized carbons (Fsp3) is 0.909. The minimum atomic E-state index is 0.206. The second-order valence-electron chi connectivity index (χ2n) is 4.74. The third-order valence-electron chi connectivity index (χ3n) is 2.85. The van der Waals surface area contributed by atoms with Crippen molar-refractivity contribution in [2.24, 2.45) is 5.92 Å². The molecule has 3 nitrogen and oxygen atoms in total. The summed E-state index contributed by atoms with van der Waals surface area (Å²) in [5, 5.41) is 3.10. The normalized spacial score (nSPS) is 26.9. The van der Waals surface area contributed by atoms with Crippen LogP contribution in [-0.2, 0) is 4.79 Å². The Morgan fingerprint density at radius 1 is 1.43 bits per heavy atom. The van der Waals surface area contributed by atoms with Crippen molar-refractivity contribution in [2.75, 3.05) is 20.6 Å². The summed E-state index contributed by atoms with van der Waals surface area (Å²) in [4.78, 5) is 13.5.